The van der Waals surface area contributed by atoms with Gasteiger partial charge in [-0.25, -0.2) is 9.78 Å². The Balaban J connectivity index is 1.91. The molecular weight excluding hydrogens is 498 g/mol. The van der Waals surface area contributed by atoms with Crippen LogP contribution in [0.3, 0.4) is 0 Å². The topological polar surface area (TPSA) is 139 Å². The Kier molecular flexibility index (Phi) is 7.35. The van der Waals surface area contributed by atoms with Gasteiger partial charge in [-0.05, 0) is 43.7 Å². The number of nitrogens with zero attached hydrogens (tertiary/aromatic N) is 3. The van der Waals surface area contributed by atoms with Crippen LogP contribution in [0, 0.1) is 6.92 Å². The molecule has 1 saturated heterocycles. The van der Waals surface area contributed by atoms with E-state index in [1.807, 2.05) is 0 Å². The van der Waals surface area contributed by atoms with Gasteiger partial charge in [-0.2, -0.15) is 0 Å². The van der Waals surface area contributed by atoms with Crippen LogP contribution in [0.1, 0.15) is 39.5 Å². The first-order valence-corrected chi connectivity index (χ1v) is 12.0. The van der Waals surface area contributed by atoms with Crippen LogP contribution >= 0.6 is 11.3 Å². The Bertz CT molecular complexity index is 1410. The average molecular weight is 522 g/mol. The fraction of sp³-hybridized carbons (Fsp3) is 0.192. The number of Topliss-reactive ketones (excluding diaryl/α,β-unsaturated/α-hetero) is 1. The predicted molar refractivity (Wildman–Crippen MR) is 136 cm³/mol. The van der Waals surface area contributed by atoms with Gasteiger partial charge in [-0.15, -0.1) is 0 Å². The number of rotatable bonds is 8. The molecule has 0 radical (unpaired) electrons. The number of aromatic hydroxyl groups is 1. The molecule has 0 bridgehead atoms. The number of aromatic nitrogens is 2. The van der Waals surface area contributed by atoms with E-state index >= 15 is 0 Å². The van der Waals surface area contributed by atoms with Crippen LogP contribution in [-0.4, -0.2) is 51.1 Å². The zero-order valence-corrected chi connectivity index (χ0v) is 20.8. The number of phenols is 1. The van der Waals surface area contributed by atoms with E-state index in [4.69, 9.17) is 9.47 Å². The molecule has 11 heteroatoms. The molecule has 0 saturated carbocycles. The van der Waals surface area contributed by atoms with Crippen molar-refractivity contribution in [3.05, 3.63) is 82.7 Å². The molecule has 2 aromatic heterocycles. The van der Waals surface area contributed by atoms with Crippen LogP contribution in [0.5, 0.6) is 11.5 Å². The molecular formula is C26H23N3O7S. The molecule has 1 unspecified atom stereocenters. The minimum Gasteiger partial charge on any atom is -0.507 e. The number of carbonyl (C=O) groups is 3. The first-order chi connectivity index (χ1) is 17.8. The first-order valence-electron chi connectivity index (χ1n) is 11.2. The van der Waals surface area contributed by atoms with Crippen LogP contribution in [0.2, 0.25) is 0 Å². The van der Waals surface area contributed by atoms with E-state index in [-0.39, 0.29) is 45.9 Å². The quantitative estimate of drug-likeness (QED) is 0.148. The highest BCUT2D eigenvalue weighted by Crippen LogP contribution is 2.45. The molecule has 4 rings (SSSR count). The fourth-order valence-electron chi connectivity index (χ4n) is 3.86. The number of benzene rings is 1. The number of thiazole rings is 1. The molecule has 1 aliphatic heterocycles. The molecule has 2 N–H and O–H groups in total. The van der Waals surface area contributed by atoms with E-state index in [2.05, 4.69) is 16.5 Å². The molecule has 1 amide bonds. The van der Waals surface area contributed by atoms with Crippen LogP contribution in [0.4, 0.5) is 5.13 Å². The van der Waals surface area contributed by atoms with Crippen molar-refractivity contribution in [3.8, 4) is 11.5 Å². The number of pyridine rings is 1. The Morgan fingerprint density at radius 3 is 2.65 bits per heavy atom. The summed E-state index contributed by atoms with van der Waals surface area (Å²) in [6.07, 6.45) is 4.31. The average Bonchev–Trinajstić information content (AvgIpc) is 3.40. The van der Waals surface area contributed by atoms with E-state index < -0.39 is 29.5 Å². The van der Waals surface area contributed by atoms with Crippen LogP contribution in [0.15, 0.2) is 61.0 Å². The predicted octanol–water partition coefficient (Wildman–Crippen LogP) is 3.92. The van der Waals surface area contributed by atoms with Crippen molar-refractivity contribution in [3.63, 3.8) is 0 Å². The van der Waals surface area contributed by atoms with E-state index in [1.165, 1.54) is 48.8 Å². The molecule has 10 nitrogen and oxygen atoms in total. The summed E-state index contributed by atoms with van der Waals surface area (Å²) in [4.78, 5) is 48.7. The lowest BCUT2D eigenvalue weighted by Gasteiger charge is -2.23. The van der Waals surface area contributed by atoms with Crippen molar-refractivity contribution in [2.45, 2.75) is 19.9 Å². The number of anilines is 1. The van der Waals surface area contributed by atoms with E-state index in [1.54, 1.807) is 13.8 Å². The largest absolute Gasteiger partial charge is 0.507 e. The van der Waals surface area contributed by atoms with Gasteiger partial charge in [-0.1, -0.05) is 30.1 Å². The van der Waals surface area contributed by atoms with Gasteiger partial charge in [0, 0.05) is 18.0 Å². The summed E-state index contributed by atoms with van der Waals surface area (Å²) in [5.74, 6) is -2.92. The maximum absolute atomic E-state index is 13.4. The number of aliphatic hydroxyl groups excluding tert-OH is 1. The summed E-state index contributed by atoms with van der Waals surface area (Å²) >= 11 is 0.885. The molecule has 1 fully saturated rings. The summed E-state index contributed by atoms with van der Waals surface area (Å²) < 4.78 is 10.6. The molecule has 0 spiro atoms. The second-order valence-electron chi connectivity index (χ2n) is 7.86. The number of phenolic OH excluding ortho intramolecular Hbond substituents is 1. The smallest absolute Gasteiger partial charge is 0.350 e. The standard InChI is InChI=1S/C26H23N3O7S/c1-4-12-36-25(34)23-14(3)28-26(37-23)29-20(16-6-7-17(30)18(13-16)35-5-2)19(22(32)24(29)33)21(31)15-8-10-27-11-9-15/h4,6-11,13,20,30-31H,1,5,12H2,2-3H3. The molecule has 1 aromatic carbocycles. The molecule has 3 heterocycles. The van der Waals surface area contributed by atoms with Gasteiger partial charge in [-0.3, -0.25) is 19.5 Å². The summed E-state index contributed by atoms with van der Waals surface area (Å²) in [6.45, 7) is 7.10. The van der Waals surface area contributed by atoms with Gasteiger partial charge in [0.25, 0.3) is 5.78 Å². The van der Waals surface area contributed by atoms with Gasteiger partial charge in [0.1, 0.15) is 17.2 Å². The Labute approximate surface area is 216 Å². The Morgan fingerprint density at radius 1 is 1.24 bits per heavy atom. The minimum absolute atomic E-state index is 0.00430. The SMILES string of the molecule is C=CCOC(=O)c1sc(N2C(=O)C(=O)C(=C(O)c3ccncc3)C2c2ccc(O)c(OCC)c2)nc1C. The number of amides is 1. The second kappa shape index (κ2) is 10.6. The number of aliphatic hydroxyl groups is 1. The number of hydrogen-bond acceptors (Lipinski definition) is 10. The molecule has 190 valence electrons. The summed E-state index contributed by atoms with van der Waals surface area (Å²) in [7, 11) is 0. The lowest BCUT2D eigenvalue weighted by molar-refractivity contribution is -0.132. The zero-order valence-electron chi connectivity index (χ0n) is 20.0. The monoisotopic (exact) mass is 521 g/mol. The number of ketones is 1. The maximum Gasteiger partial charge on any atom is 0.350 e. The third-order valence-corrected chi connectivity index (χ3v) is 6.64. The highest BCUT2D eigenvalue weighted by atomic mass is 32.1. The number of carbonyl (C=O) groups excluding carboxylic acids is 3. The van der Waals surface area contributed by atoms with Crippen LogP contribution in [0.25, 0.3) is 5.76 Å². The first kappa shape index (κ1) is 25.6. The van der Waals surface area contributed by atoms with Gasteiger partial charge >= 0.3 is 11.9 Å². The summed E-state index contributed by atoms with van der Waals surface area (Å²) in [5.41, 5.74) is 0.781. The van der Waals surface area contributed by atoms with Gasteiger partial charge < -0.3 is 19.7 Å². The van der Waals surface area contributed by atoms with Crippen molar-refractivity contribution in [2.75, 3.05) is 18.1 Å². The Morgan fingerprint density at radius 2 is 1.97 bits per heavy atom. The highest BCUT2D eigenvalue weighted by Gasteiger charge is 2.48. The van der Waals surface area contributed by atoms with Gasteiger partial charge in [0.2, 0.25) is 0 Å². The number of ether oxygens (including phenoxy) is 2. The third-order valence-electron chi connectivity index (χ3n) is 5.51. The van der Waals surface area contributed by atoms with Crippen molar-refractivity contribution in [1.29, 1.82) is 0 Å². The second-order valence-corrected chi connectivity index (χ2v) is 8.84. The summed E-state index contributed by atoms with van der Waals surface area (Å²) in [6, 6.07) is 6.25. The van der Waals surface area contributed by atoms with Gasteiger partial charge in [0.05, 0.1) is 23.9 Å². The van der Waals surface area contributed by atoms with E-state index in [9.17, 15) is 24.6 Å². The van der Waals surface area contributed by atoms with E-state index in [0.717, 1.165) is 16.2 Å². The van der Waals surface area contributed by atoms with Crippen molar-refractivity contribution in [2.24, 2.45) is 0 Å². The van der Waals surface area contributed by atoms with Crippen LogP contribution < -0.4 is 9.64 Å². The maximum atomic E-state index is 13.4. The molecule has 0 aliphatic carbocycles. The zero-order chi connectivity index (χ0) is 26.7. The lowest BCUT2D eigenvalue weighted by Crippen LogP contribution is -2.29. The lowest BCUT2D eigenvalue weighted by atomic mass is 9.95. The number of aryl methyl sites for hydroxylation is 1. The van der Waals surface area contributed by atoms with Crippen molar-refractivity contribution >= 4 is 39.9 Å². The third kappa shape index (κ3) is 4.81. The Hall–Kier alpha value is -4.51. The normalized spacial score (nSPS) is 16.6. The number of esters is 1. The molecule has 1 aliphatic rings. The van der Waals surface area contributed by atoms with Crippen LogP contribution in [-0.2, 0) is 14.3 Å². The molecule has 1 atom stereocenters. The minimum atomic E-state index is -1.13. The number of hydrogen-bond donors (Lipinski definition) is 2. The highest BCUT2D eigenvalue weighted by molar-refractivity contribution is 7.17. The molecule has 3 aromatic rings. The molecule has 37 heavy (non-hydrogen) atoms. The van der Waals surface area contributed by atoms with E-state index in [0.29, 0.717) is 11.3 Å². The fourth-order valence-corrected chi connectivity index (χ4v) is 4.84. The van der Waals surface area contributed by atoms with Crippen molar-refractivity contribution in [1.82, 2.24) is 9.97 Å². The van der Waals surface area contributed by atoms with Crippen molar-refractivity contribution < 1.29 is 34.1 Å². The summed E-state index contributed by atoms with van der Waals surface area (Å²) in [5, 5.41) is 21.4. The van der Waals surface area contributed by atoms with Gasteiger partial charge in [0.15, 0.2) is 16.6 Å².